The van der Waals surface area contributed by atoms with Crippen LogP contribution in [0.2, 0.25) is 0 Å². The first-order valence-electron chi connectivity index (χ1n) is 11.3. The zero-order valence-corrected chi connectivity index (χ0v) is 19.7. The fourth-order valence-electron chi connectivity index (χ4n) is 3.54. The van der Waals surface area contributed by atoms with Gasteiger partial charge >= 0.3 is 0 Å². The Bertz CT molecular complexity index is 743. The molecule has 0 radical (unpaired) electrons. The first-order valence-corrected chi connectivity index (χ1v) is 11.3. The summed E-state index contributed by atoms with van der Waals surface area (Å²) < 4.78 is 1.62. The summed E-state index contributed by atoms with van der Waals surface area (Å²) in [5.74, 6) is -0.0663. The summed E-state index contributed by atoms with van der Waals surface area (Å²) in [6.45, 7) is 9.51. The van der Waals surface area contributed by atoms with Crippen molar-refractivity contribution in [3.63, 3.8) is 0 Å². The van der Waals surface area contributed by atoms with Crippen molar-refractivity contribution in [2.24, 2.45) is 0 Å². The first-order chi connectivity index (χ1) is 15.3. The number of nitrogens with zero attached hydrogens (tertiary/aromatic N) is 4. The minimum Gasteiger partial charge on any atom is -0.350 e. The molecular formula is C22H36N8NiO. The predicted octanol–water partition coefficient (Wildman–Crippen LogP) is -0.0434. The van der Waals surface area contributed by atoms with Crippen LogP contribution in [0.15, 0.2) is 36.5 Å². The van der Waals surface area contributed by atoms with Crippen LogP contribution < -0.4 is 21.3 Å². The monoisotopic (exact) mass is 486 g/mol. The van der Waals surface area contributed by atoms with E-state index in [-0.39, 0.29) is 28.9 Å². The number of hydrogen-bond acceptors (Lipinski definition) is 7. The van der Waals surface area contributed by atoms with Gasteiger partial charge in [-0.1, -0.05) is 35.5 Å². The molecule has 2 aromatic rings. The van der Waals surface area contributed by atoms with Gasteiger partial charge in [-0.05, 0) is 44.6 Å². The van der Waals surface area contributed by atoms with Crippen LogP contribution in [0, 0.1) is 0 Å². The van der Waals surface area contributed by atoms with Crippen LogP contribution in [0.25, 0.3) is 0 Å². The van der Waals surface area contributed by atoms with E-state index in [1.807, 2.05) is 36.5 Å². The van der Waals surface area contributed by atoms with Crippen molar-refractivity contribution in [3.8, 4) is 0 Å². The van der Waals surface area contributed by atoms with Crippen molar-refractivity contribution in [2.75, 3.05) is 52.4 Å². The Kier molecular flexibility index (Phi) is 13.1. The van der Waals surface area contributed by atoms with E-state index in [4.69, 9.17) is 0 Å². The average molecular weight is 487 g/mol. The number of nitrogens with one attached hydrogen (secondary N) is 4. The van der Waals surface area contributed by atoms with Crippen LogP contribution in [0.1, 0.15) is 24.1 Å². The summed E-state index contributed by atoms with van der Waals surface area (Å²) in [5, 5.41) is 21.8. The summed E-state index contributed by atoms with van der Waals surface area (Å²) in [4.78, 5) is 14.6. The van der Waals surface area contributed by atoms with Crippen molar-refractivity contribution >= 4 is 5.91 Å². The van der Waals surface area contributed by atoms with Gasteiger partial charge in [0.15, 0.2) is 0 Å². The standard InChI is InChI=1S/C22H36N8O.Ni/c31-22(26-16-20-6-2-1-3-7-20)19-30-18-21(27-28-30)17-29-14-5-10-24-12-11-23-8-4-9-25-13-15-29;/h1-3,6-7,18,23-25H,4-5,8-17,19H2,(H,26,31);. The molecule has 1 aliphatic heterocycles. The third-order valence-corrected chi connectivity index (χ3v) is 5.23. The molecule has 1 aliphatic rings. The Hall–Kier alpha value is -1.84. The molecule has 1 amide bonds. The van der Waals surface area contributed by atoms with E-state index in [1.165, 1.54) is 0 Å². The SMILES string of the molecule is O=C(Cn1cc(CN2CCCNCCNCCCNCC2)nn1)NCc1ccccc1.[Ni]. The second-order valence-electron chi connectivity index (χ2n) is 7.90. The molecule has 0 bridgehead atoms. The van der Waals surface area contributed by atoms with Crippen LogP contribution in [0.5, 0.6) is 0 Å². The van der Waals surface area contributed by atoms with Crippen LogP contribution in [0.3, 0.4) is 0 Å². The fourth-order valence-corrected chi connectivity index (χ4v) is 3.54. The molecule has 0 atom stereocenters. The Balaban J connectivity index is 0.00000363. The van der Waals surface area contributed by atoms with Gasteiger partial charge in [0.05, 0.1) is 11.9 Å². The van der Waals surface area contributed by atoms with Gasteiger partial charge in [0.2, 0.25) is 5.91 Å². The van der Waals surface area contributed by atoms with E-state index in [9.17, 15) is 4.79 Å². The summed E-state index contributed by atoms with van der Waals surface area (Å²) in [7, 11) is 0. The van der Waals surface area contributed by atoms with Gasteiger partial charge in [-0.2, -0.15) is 0 Å². The van der Waals surface area contributed by atoms with Gasteiger partial charge < -0.3 is 21.3 Å². The van der Waals surface area contributed by atoms with E-state index in [0.717, 1.165) is 83.0 Å². The molecule has 180 valence electrons. The molecule has 3 rings (SSSR count). The molecule has 0 unspecified atom stereocenters. The zero-order valence-electron chi connectivity index (χ0n) is 18.7. The Morgan fingerprint density at radius 1 is 0.938 bits per heavy atom. The quantitative estimate of drug-likeness (QED) is 0.425. The van der Waals surface area contributed by atoms with E-state index in [2.05, 4.69) is 36.5 Å². The molecule has 1 aromatic heterocycles. The van der Waals surface area contributed by atoms with E-state index in [1.54, 1.807) is 4.68 Å². The Morgan fingerprint density at radius 2 is 1.66 bits per heavy atom. The van der Waals surface area contributed by atoms with E-state index in [0.29, 0.717) is 6.54 Å². The minimum atomic E-state index is -0.0663. The third-order valence-electron chi connectivity index (χ3n) is 5.23. The second-order valence-corrected chi connectivity index (χ2v) is 7.90. The largest absolute Gasteiger partial charge is 0.350 e. The van der Waals surface area contributed by atoms with Crippen LogP contribution in [-0.4, -0.2) is 78.2 Å². The van der Waals surface area contributed by atoms with Gasteiger partial charge in [0.25, 0.3) is 0 Å². The van der Waals surface area contributed by atoms with Gasteiger partial charge in [-0.25, -0.2) is 4.68 Å². The number of amides is 1. The van der Waals surface area contributed by atoms with Crippen LogP contribution >= 0.6 is 0 Å². The number of carbonyl (C=O) groups excluding carboxylic acids is 1. The van der Waals surface area contributed by atoms with Crippen molar-refractivity contribution in [2.45, 2.75) is 32.5 Å². The molecule has 9 nitrogen and oxygen atoms in total. The average Bonchev–Trinajstić information content (AvgIpc) is 3.22. The fraction of sp³-hybridized carbons (Fsp3) is 0.591. The second kappa shape index (κ2) is 15.9. The number of hydrogen-bond donors (Lipinski definition) is 4. The summed E-state index contributed by atoms with van der Waals surface area (Å²) in [6, 6.07) is 9.89. The van der Waals surface area contributed by atoms with Gasteiger partial charge in [-0.15, -0.1) is 5.10 Å². The molecule has 32 heavy (non-hydrogen) atoms. The minimum absolute atomic E-state index is 0. The molecule has 0 saturated carbocycles. The van der Waals surface area contributed by atoms with Crippen LogP contribution in [-0.2, 0) is 40.9 Å². The molecule has 0 spiro atoms. The summed E-state index contributed by atoms with van der Waals surface area (Å²) >= 11 is 0. The van der Waals surface area contributed by atoms with Gasteiger partial charge in [0, 0.05) is 55.8 Å². The third kappa shape index (κ3) is 10.7. The van der Waals surface area contributed by atoms with Crippen molar-refractivity contribution in [1.82, 2.24) is 41.2 Å². The maximum atomic E-state index is 12.2. The van der Waals surface area contributed by atoms with Crippen LogP contribution in [0.4, 0.5) is 0 Å². The van der Waals surface area contributed by atoms with Crippen molar-refractivity contribution in [1.29, 1.82) is 0 Å². The van der Waals surface area contributed by atoms with Crippen molar-refractivity contribution < 1.29 is 21.3 Å². The predicted molar refractivity (Wildman–Crippen MR) is 121 cm³/mol. The van der Waals surface area contributed by atoms with Gasteiger partial charge in [0.1, 0.15) is 6.54 Å². The molecule has 1 fully saturated rings. The maximum absolute atomic E-state index is 12.2. The molecule has 4 N–H and O–H groups in total. The number of benzene rings is 1. The molecule has 0 aliphatic carbocycles. The first kappa shape index (κ1) is 26.4. The number of carbonyl (C=O) groups is 1. The van der Waals surface area contributed by atoms with Crippen molar-refractivity contribution in [3.05, 3.63) is 47.8 Å². The molecule has 10 heteroatoms. The Morgan fingerprint density at radius 3 is 2.44 bits per heavy atom. The molecule has 1 aromatic carbocycles. The number of aromatic nitrogens is 3. The molecular weight excluding hydrogens is 451 g/mol. The molecule has 2 heterocycles. The van der Waals surface area contributed by atoms with E-state index >= 15 is 0 Å². The smallest absolute Gasteiger partial charge is 0.242 e. The normalized spacial score (nSPS) is 17.1. The summed E-state index contributed by atoms with van der Waals surface area (Å²) in [5.41, 5.74) is 1.98. The van der Waals surface area contributed by atoms with E-state index < -0.39 is 0 Å². The zero-order chi connectivity index (χ0) is 21.6. The molecule has 1 saturated heterocycles. The topological polar surface area (TPSA) is 99.1 Å². The number of rotatable bonds is 6. The van der Waals surface area contributed by atoms with Gasteiger partial charge in [-0.3, -0.25) is 9.69 Å². The summed E-state index contributed by atoms with van der Waals surface area (Å²) in [6.07, 6.45) is 4.11. The Labute approximate surface area is 201 Å². The maximum Gasteiger partial charge on any atom is 0.242 e.